The summed E-state index contributed by atoms with van der Waals surface area (Å²) in [5.74, 6) is -0.114. The minimum Gasteiger partial charge on any atom is -0.397 e. The van der Waals surface area contributed by atoms with Crippen LogP contribution in [0.3, 0.4) is 0 Å². The van der Waals surface area contributed by atoms with E-state index in [1.165, 1.54) is 11.1 Å². The highest BCUT2D eigenvalue weighted by atomic mass is 16.1. The van der Waals surface area contributed by atoms with Gasteiger partial charge in [-0.1, -0.05) is 24.3 Å². The standard InChI is InChI=1S/C17H19N3O/c1-19-17(21)13-6-7-16(15(18)10-13)20-9-8-12-4-2-3-5-14(12)11-20/h2-7,10H,8-9,11,18H2,1H3,(H,19,21). The summed E-state index contributed by atoms with van der Waals surface area (Å²) in [4.78, 5) is 13.9. The molecule has 0 aromatic heterocycles. The van der Waals surface area contributed by atoms with Crippen LogP contribution in [0, 0.1) is 0 Å². The summed E-state index contributed by atoms with van der Waals surface area (Å²) in [6.07, 6.45) is 1.02. The summed E-state index contributed by atoms with van der Waals surface area (Å²) in [6, 6.07) is 14.0. The molecular formula is C17H19N3O. The fourth-order valence-electron chi connectivity index (χ4n) is 2.83. The Morgan fingerprint density at radius 2 is 1.95 bits per heavy atom. The number of benzene rings is 2. The molecule has 0 unspecified atom stereocenters. The minimum atomic E-state index is -0.114. The predicted molar refractivity (Wildman–Crippen MR) is 85.4 cm³/mol. The summed E-state index contributed by atoms with van der Waals surface area (Å²) in [5.41, 5.74) is 11.1. The zero-order valence-electron chi connectivity index (χ0n) is 12.1. The van der Waals surface area contributed by atoms with E-state index >= 15 is 0 Å². The van der Waals surface area contributed by atoms with Crippen molar-refractivity contribution >= 4 is 17.3 Å². The molecular weight excluding hydrogens is 262 g/mol. The average Bonchev–Trinajstić information content (AvgIpc) is 2.53. The maximum absolute atomic E-state index is 11.6. The Bertz CT molecular complexity index is 681. The van der Waals surface area contributed by atoms with Crippen molar-refractivity contribution in [2.75, 3.05) is 24.2 Å². The second-order valence-corrected chi connectivity index (χ2v) is 5.29. The number of carbonyl (C=O) groups excluding carboxylic acids is 1. The molecule has 0 radical (unpaired) electrons. The molecule has 0 spiro atoms. The van der Waals surface area contributed by atoms with Crippen molar-refractivity contribution in [2.24, 2.45) is 0 Å². The van der Waals surface area contributed by atoms with Gasteiger partial charge >= 0.3 is 0 Å². The maximum Gasteiger partial charge on any atom is 0.251 e. The summed E-state index contributed by atoms with van der Waals surface area (Å²) >= 11 is 0. The second-order valence-electron chi connectivity index (χ2n) is 5.29. The van der Waals surface area contributed by atoms with Crippen LogP contribution in [0.1, 0.15) is 21.5 Å². The molecule has 0 aliphatic carbocycles. The van der Waals surface area contributed by atoms with E-state index < -0.39 is 0 Å². The second kappa shape index (κ2) is 5.48. The first-order valence-corrected chi connectivity index (χ1v) is 7.12. The summed E-state index contributed by atoms with van der Waals surface area (Å²) in [6.45, 7) is 1.81. The zero-order chi connectivity index (χ0) is 14.8. The Balaban J connectivity index is 1.87. The molecule has 1 amide bonds. The van der Waals surface area contributed by atoms with Crippen LogP contribution in [-0.2, 0) is 13.0 Å². The van der Waals surface area contributed by atoms with Gasteiger partial charge in [-0.15, -0.1) is 0 Å². The molecule has 4 nitrogen and oxygen atoms in total. The maximum atomic E-state index is 11.6. The third kappa shape index (κ3) is 2.57. The molecule has 0 bridgehead atoms. The number of amides is 1. The minimum absolute atomic E-state index is 0.114. The van der Waals surface area contributed by atoms with Crippen molar-refractivity contribution < 1.29 is 4.79 Å². The van der Waals surface area contributed by atoms with E-state index in [0.717, 1.165) is 25.2 Å². The van der Waals surface area contributed by atoms with E-state index in [1.54, 1.807) is 13.1 Å². The van der Waals surface area contributed by atoms with Crippen molar-refractivity contribution in [3.8, 4) is 0 Å². The van der Waals surface area contributed by atoms with E-state index in [2.05, 4.69) is 34.5 Å². The topological polar surface area (TPSA) is 58.4 Å². The number of fused-ring (bicyclic) bond motifs is 1. The lowest BCUT2D eigenvalue weighted by molar-refractivity contribution is 0.0963. The molecule has 1 aliphatic heterocycles. The van der Waals surface area contributed by atoms with Gasteiger partial charge in [0.25, 0.3) is 5.91 Å². The van der Waals surface area contributed by atoms with Crippen molar-refractivity contribution in [1.29, 1.82) is 0 Å². The predicted octanol–water partition coefficient (Wildman–Crippen LogP) is 2.19. The largest absolute Gasteiger partial charge is 0.397 e. The molecule has 3 rings (SSSR count). The molecule has 2 aromatic carbocycles. The van der Waals surface area contributed by atoms with Gasteiger partial charge in [0, 0.05) is 25.7 Å². The number of nitrogens with one attached hydrogen (secondary N) is 1. The van der Waals surface area contributed by atoms with Crippen LogP contribution in [0.25, 0.3) is 0 Å². The molecule has 0 saturated carbocycles. The van der Waals surface area contributed by atoms with Crippen molar-refractivity contribution in [3.63, 3.8) is 0 Å². The highest BCUT2D eigenvalue weighted by molar-refractivity contribution is 5.96. The SMILES string of the molecule is CNC(=O)c1ccc(N2CCc3ccccc3C2)c(N)c1. The van der Waals surface area contributed by atoms with Gasteiger partial charge in [0.2, 0.25) is 0 Å². The Morgan fingerprint density at radius 3 is 2.67 bits per heavy atom. The van der Waals surface area contributed by atoms with E-state index in [1.807, 2.05) is 12.1 Å². The summed E-state index contributed by atoms with van der Waals surface area (Å²) in [7, 11) is 1.62. The van der Waals surface area contributed by atoms with Crippen LogP contribution in [0.2, 0.25) is 0 Å². The first-order chi connectivity index (χ1) is 10.2. The molecule has 0 atom stereocenters. The third-order valence-electron chi connectivity index (χ3n) is 3.99. The molecule has 108 valence electrons. The van der Waals surface area contributed by atoms with Gasteiger partial charge in [0.05, 0.1) is 11.4 Å². The van der Waals surface area contributed by atoms with Gasteiger partial charge < -0.3 is 16.0 Å². The van der Waals surface area contributed by atoms with Gasteiger partial charge in [-0.05, 0) is 35.7 Å². The van der Waals surface area contributed by atoms with Crippen LogP contribution in [0.15, 0.2) is 42.5 Å². The molecule has 3 N–H and O–H groups in total. The fourth-order valence-corrected chi connectivity index (χ4v) is 2.83. The van der Waals surface area contributed by atoms with Gasteiger partial charge in [0.1, 0.15) is 0 Å². The number of nitrogens with two attached hydrogens (primary N) is 1. The summed E-state index contributed by atoms with van der Waals surface area (Å²) < 4.78 is 0. The molecule has 4 heteroatoms. The van der Waals surface area contributed by atoms with Crippen LogP contribution in [0.4, 0.5) is 11.4 Å². The number of nitrogen functional groups attached to an aromatic ring is 1. The Hall–Kier alpha value is -2.49. The number of hydrogen-bond donors (Lipinski definition) is 2. The van der Waals surface area contributed by atoms with Crippen LogP contribution < -0.4 is 16.0 Å². The molecule has 21 heavy (non-hydrogen) atoms. The molecule has 1 aliphatic rings. The Kier molecular flexibility index (Phi) is 3.52. The molecule has 1 heterocycles. The monoisotopic (exact) mass is 281 g/mol. The highest BCUT2D eigenvalue weighted by Crippen LogP contribution is 2.29. The van der Waals surface area contributed by atoms with Crippen LogP contribution in [-0.4, -0.2) is 19.5 Å². The van der Waals surface area contributed by atoms with Crippen molar-refractivity contribution in [2.45, 2.75) is 13.0 Å². The average molecular weight is 281 g/mol. The number of hydrogen-bond acceptors (Lipinski definition) is 3. The lowest BCUT2D eigenvalue weighted by Crippen LogP contribution is -2.31. The van der Waals surface area contributed by atoms with Gasteiger partial charge in [-0.3, -0.25) is 4.79 Å². The third-order valence-corrected chi connectivity index (χ3v) is 3.99. The smallest absolute Gasteiger partial charge is 0.251 e. The van der Waals surface area contributed by atoms with Gasteiger partial charge in [-0.25, -0.2) is 0 Å². The van der Waals surface area contributed by atoms with Crippen LogP contribution in [0.5, 0.6) is 0 Å². The van der Waals surface area contributed by atoms with Crippen LogP contribution >= 0.6 is 0 Å². The Labute approximate surface area is 124 Å². The van der Waals surface area contributed by atoms with Crippen molar-refractivity contribution in [1.82, 2.24) is 5.32 Å². The fraction of sp³-hybridized carbons (Fsp3) is 0.235. The normalized spacial score (nSPS) is 13.7. The number of nitrogens with zero attached hydrogens (tertiary/aromatic N) is 1. The number of carbonyl (C=O) groups is 1. The molecule has 0 fully saturated rings. The Morgan fingerprint density at radius 1 is 1.19 bits per heavy atom. The van der Waals surface area contributed by atoms with E-state index in [0.29, 0.717) is 11.3 Å². The lowest BCUT2D eigenvalue weighted by atomic mass is 9.99. The highest BCUT2D eigenvalue weighted by Gasteiger charge is 2.18. The van der Waals surface area contributed by atoms with Gasteiger partial charge in [0.15, 0.2) is 0 Å². The van der Waals surface area contributed by atoms with Gasteiger partial charge in [-0.2, -0.15) is 0 Å². The molecule has 2 aromatic rings. The summed E-state index contributed by atoms with van der Waals surface area (Å²) in [5, 5.41) is 2.61. The van der Waals surface area contributed by atoms with E-state index in [4.69, 9.17) is 5.73 Å². The first kappa shape index (κ1) is 13.5. The van der Waals surface area contributed by atoms with Crippen molar-refractivity contribution in [3.05, 3.63) is 59.2 Å². The quantitative estimate of drug-likeness (QED) is 0.830. The van der Waals surface area contributed by atoms with E-state index in [9.17, 15) is 4.79 Å². The number of anilines is 2. The molecule has 0 saturated heterocycles. The van der Waals surface area contributed by atoms with E-state index in [-0.39, 0.29) is 5.91 Å². The first-order valence-electron chi connectivity index (χ1n) is 7.12. The number of rotatable bonds is 2. The lowest BCUT2D eigenvalue weighted by Gasteiger charge is -2.31. The zero-order valence-corrected chi connectivity index (χ0v) is 12.1.